The van der Waals surface area contributed by atoms with Crippen LogP contribution in [0.2, 0.25) is 0 Å². The van der Waals surface area contributed by atoms with Gasteiger partial charge in [-0.1, -0.05) is 0 Å². The highest BCUT2D eigenvalue weighted by molar-refractivity contribution is 5.85. The van der Waals surface area contributed by atoms with Crippen molar-refractivity contribution in [3.8, 4) is 0 Å². The molecule has 78 valence electrons. The molecule has 0 spiro atoms. The fraction of sp³-hybridized carbons (Fsp3) is 0.500. The number of ether oxygens (including phenoxy) is 1. The summed E-state index contributed by atoms with van der Waals surface area (Å²) in [7, 11) is 1.60. The molecular weight excluding hydrogens is 182 g/mol. The van der Waals surface area contributed by atoms with E-state index in [1.54, 1.807) is 30.0 Å². The van der Waals surface area contributed by atoms with Gasteiger partial charge in [-0.05, 0) is 26.0 Å². The van der Waals surface area contributed by atoms with Crippen LogP contribution in [0, 0.1) is 0 Å². The SMILES string of the molecule is COCC(C)(C)n1cccc1C(=O)O. The highest BCUT2D eigenvalue weighted by Crippen LogP contribution is 2.18. The lowest BCUT2D eigenvalue weighted by Gasteiger charge is -2.27. The van der Waals surface area contributed by atoms with Crippen molar-refractivity contribution < 1.29 is 14.6 Å². The molecule has 4 nitrogen and oxygen atoms in total. The molecule has 1 aromatic rings. The number of rotatable bonds is 4. The molecule has 0 aliphatic carbocycles. The number of hydrogen-bond acceptors (Lipinski definition) is 2. The minimum atomic E-state index is -0.917. The molecule has 0 unspecified atom stereocenters. The fourth-order valence-corrected chi connectivity index (χ4v) is 1.51. The smallest absolute Gasteiger partial charge is 0.352 e. The highest BCUT2D eigenvalue weighted by Gasteiger charge is 2.24. The number of carboxylic acid groups (broad SMARTS) is 1. The maximum atomic E-state index is 10.9. The summed E-state index contributed by atoms with van der Waals surface area (Å²) < 4.78 is 6.76. The van der Waals surface area contributed by atoms with Crippen molar-refractivity contribution in [3.63, 3.8) is 0 Å². The first-order chi connectivity index (χ1) is 6.49. The Morgan fingerprint density at radius 2 is 2.29 bits per heavy atom. The van der Waals surface area contributed by atoms with E-state index in [0.29, 0.717) is 6.61 Å². The van der Waals surface area contributed by atoms with Crippen molar-refractivity contribution in [3.05, 3.63) is 24.0 Å². The molecule has 1 aromatic heterocycles. The van der Waals surface area contributed by atoms with Crippen LogP contribution in [0.25, 0.3) is 0 Å². The van der Waals surface area contributed by atoms with E-state index in [1.807, 2.05) is 13.8 Å². The van der Waals surface area contributed by atoms with Crippen LogP contribution in [0.5, 0.6) is 0 Å². The van der Waals surface area contributed by atoms with E-state index in [2.05, 4.69) is 0 Å². The van der Waals surface area contributed by atoms with Gasteiger partial charge >= 0.3 is 5.97 Å². The van der Waals surface area contributed by atoms with Crippen LogP contribution in [-0.4, -0.2) is 29.4 Å². The monoisotopic (exact) mass is 197 g/mol. The van der Waals surface area contributed by atoms with Gasteiger partial charge < -0.3 is 14.4 Å². The Labute approximate surface area is 83.1 Å². The Morgan fingerprint density at radius 3 is 2.79 bits per heavy atom. The van der Waals surface area contributed by atoms with Gasteiger partial charge in [-0.15, -0.1) is 0 Å². The lowest BCUT2D eigenvalue weighted by molar-refractivity contribution is 0.0654. The molecule has 0 fully saturated rings. The second-order valence-electron chi connectivity index (χ2n) is 3.81. The first-order valence-corrected chi connectivity index (χ1v) is 4.39. The maximum absolute atomic E-state index is 10.9. The molecule has 0 saturated heterocycles. The second kappa shape index (κ2) is 3.84. The summed E-state index contributed by atoms with van der Waals surface area (Å²) in [6.07, 6.45) is 1.75. The Hall–Kier alpha value is -1.29. The molecule has 0 aromatic carbocycles. The highest BCUT2D eigenvalue weighted by atomic mass is 16.5. The fourth-order valence-electron chi connectivity index (χ4n) is 1.51. The predicted octanol–water partition coefficient (Wildman–Crippen LogP) is 1.57. The Kier molecular flexibility index (Phi) is 2.96. The van der Waals surface area contributed by atoms with E-state index in [0.717, 1.165) is 0 Å². The second-order valence-corrected chi connectivity index (χ2v) is 3.81. The van der Waals surface area contributed by atoms with Gasteiger partial charge in [0.1, 0.15) is 5.69 Å². The Morgan fingerprint density at radius 1 is 1.64 bits per heavy atom. The standard InChI is InChI=1S/C10H15NO3/c1-10(2,7-14-3)11-6-4-5-8(11)9(12)13/h4-6H,7H2,1-3H3,(H,12,13). The van der Waals surface area contributed by atoms with Gasteiger partial charge in [-0.2, -0.15) is 0 Å². The topological polar surface area (TPSA) is 51.5 Å². The Balaban J connectivity index is 3.05. The average molecular weight is 197 g/mol. The minimum absolute atomic E-state index is 0.284. The van der Waals surface area contributed by atoms with Crippen molar-refractivity contribution >= 4 is 5.97 Å². The number of aromatic nitrogens is 1. The molecular formula is C10H15NO3. The summed E-state index contributed by atoms with van der Waals surface area (Å²) in [6.45, 7) is 4.34. The van der Waals surface area contributed by atoms with Crippen LogP contribution < -0.4 is 0 Å². The molecule has 0 saturated carbocycles. The molecule has 0 aliphatic heterocycles. The van der Waals surface area contributed by atoms with Crippen LogP contribution in [-0.2, 0) is 10.3 Å². The molecule has 1 N–H and O–H groups in total. The number of carbonyl (C=O) groups is 1. The molecule has 0 bridgehead atoms. The van der Waals surface area contributed by atoms with Crippen LogP contribution in [0.4, 0.5) is 0 Å². The average Bonchev–Trinajstić information content (AvgIpc) is 2.51. The van der Waals surface area contributed by atoms with Gasteiger partial charge in [0.15, 0.2) is 0 Å². The quantitative estimate of drug-likeness (QED) is 0.797. The lowest BCUT2D eigenvalue weighted by Crippen LogP contribution is -2.33. The lowest BCUT2D eigenvalue weighted by atomic mass is 10.1. The summed E-state index contributed by atoms with van der Waals surface area (Å²) >= 11 is 0. The van der Waals surface area contributed by atoms with Crippen molar-refractivity contribution in [1.82, 2.24) is 4.57 Å². The molecule has 0 atom stereocenters. The minimum Gasteiger partial charge on any atom is -0.477 e. The summed E-state index contributed by atoms with van der Waals surface area (Å²) in [6, 6.07) is 3.31. The molecule has 14 heavy (non-hydrogen) atoms. The zero-order valence-corrected chi connectivity index (χ0v) is 8.65. The number of nitrogens with zero attached hydrogens (tertiary/aromatic N) is 1. The van der Waals surface area contributed by atoms with E-state index < -0.39 is 5.97 Å². The van der Waals surface area contributed by atoms with Crippen molar-refractivity contribution in [2.24, 2.45) is 0 Å². The van der Waals surface area contributed by atoms with Crippen LogP contribution in [0.15, 0.2) is 18.3 Å². The molecule has 0 radical (unpaired) electrons. The van der Waals surface area contributed by atoms with Crippen molar-refractivity contribution in [1.29, 1.82) is 0 Å². The van der Waals surface area contributed by atoms with Gasteiger partial charge in [0.2, 0.25) is 0 Å². The van der Waals surface area contributed by atoms with E-state index >= 15 is 0 Å². The van der Waals surface area contributed by atoms with Gasteiger partial charge in [0, 0.05) is 13.3 Å². The van der Waals surface area contributed by atoms with E-state index in [1.165, 1.54) is 0 Å². The van der Waals surface area contributed by atoms with Crippen LogP contribution >= 0.6 is 0 Å². The van der Waals surface area contributed by atoms with Gasteiger partial charge in [0.25, 0.3) is 0 Å². The normalized spacial score (nSPS) is 11.6. The van der Waals surface area contributed by atoms with Crippen molar-refractivity contribution in [2.75, 3.05) is 13.7 Å². The van der Waals surface area contributed by atoms with Crippen LogP contribution in [0.1, 0.15) is 24.3 Å². The van der Waals surface area contributed by atoms with Gasteiger partial charge in [-0.25, -0.2) is 4.79 Å². The molecule has 0 amide bonds. The third-order valence-electron chi connectivity index (χ3n) is 2.12. The summed E-state index contributed by atoms with van der Waals surface area (Å²) in [5, 5.41) is 8.92. The largest absolute Gasteiger partial charge is 0.477 e. The van der Waals surface area contributed by atoms with Gasteiger partial charge in [-0.3, -0.25) is 0 Å². The van der Waals surface area contributed by atoms with Crippen molar-refractivity contribution in [2.45, 2.75) is 19.4 Å². The molecule has 1 heterocycles. The van der Waals surface area contributed by atoms with E-state index in [-0.39, 0.29) is 11.2 Å². The third kappa shape index (κ3) is 1.96. The number of carboxylic acids is 1. The number of hydrogen-bond donors (Lipinski definition) is 1. The predicted molar refractivity (Wildman–Crippen MR) is 52.6 cm³/mol. The van der Waals surface area contributed by atoms with Crippen LogP contribution in [0.3, 0.4) is 0 Å². The molecule has 4 heteroatoms. The molecule has 1 rings (SSSR count). The Bertz CT molecular complexity index is 328. The zero-order valence-electron chi connectivity index (χ0n) is 8.65. The maximum Gasteiger partial charge on any atom is 0.352 e. The first-order valence-electron chi connectivity index (χ1n) is 4.39. The first kappa shape index (κ1) is 10.8. The number of methoxy groups -OCH3 is 1. The third-order valence-corrected chi connectivity index (χ3v) is 2.12. The zero-order chi connectivity index (χ0) is 10.8. The molecule has 0 aliphatic rings. The van der Waals surface area contributed by atoms with E-state index in [4.69, 9.17) is 9.84 Å². The summed E-state index contributed by atoms with van der Waals surface area (Å²) in [4.78, 5) is 10.9. The van der Waals surface area contributed by atoms with E-state index in [9.17, 15) is 4.79 Å². The number of aromatic carboxylic acids is 1. The summed E-state index contributed by atoms with van der Waals surface area (Å²) in [5.41, 5.74) is -0.0570. The van der Waals surface area contributed by atoms with Gasteiger partial charge in [0.05, 0.1) is 12.1 Å². The summed E-state index contributed by atoms with van der Waals surface area (Å²) in [5.74, 6) is -0.917.